The molecule has 2 fully saturated rings. The first-order chi connectivity index (χ1) is 14.0. The highest BCUT2D eigenvalue weighted by atomic mass is 19.4. The van der Waals surface area contributed by atoms with E-state index in [1.165, 1.54) is 0 Å². The quantitative estimate of drug-likeness (QED) is 0.743. The smallest absolute Gasteiger partial charge is 0.411 e. The van der Waals surface area contributed by atoms with Crippen molar-refractivity contribution in [3.63, 3.8) is 0 Å². The molecule has 0 unspecified atom stereocenters. The van der Waals surface area contributed by atoms with E-state index in [0.717, 1.165) is 17.4 Å². The monoisotopic (exact) mass is 429 g/mol. The Kier molecular flexibility index (Phi) is 5.17. The standard InChI is InChI=1S/C19H26F3N5O3/c1-18(2)8-12(16(29)30-18)6-15(28)26-5-3-4-11(9-26)13-7-14(19(20,21)22)27-17(25-13)23-10-24-27/h10-14H,3-9H2,1-2H3,(H,23,24,25)/t11-,12+,13-,14+/m0/s1. The normalized spacial score (nSPS) is 31.1. The van der Waals surface area contributed by atoms with Gasteiger partial charge in [0.25, 0.3) is 0 Å². The number of aromatic nitrogens is 3. The van der Waals surface area contributed by atoms with Crippen molar-refractivity contribution in [3.8, 4) is 0 Å². The van der Waals surface area contributed by atoms with Crippen molar-refractivity contribution >= 4 is 17.8 Å². The van der Waals surface area contributed by atoms with Gasteiger partial charge in [0.15, 0.2) is 6.04 Å². The van der Waals surface area contributed by atoms with Crippen molar-refractivity contribution in [2.75, 3.05) is 18.4 Å². The maximum Gasteiger partial charge on any atom is 0.411 e. The van der Waals surface area contributed by atoms with E-state index in [0.29, 0.717) is 25.9 Å². The van der Waals surface area contributed by atoms with Gasteiger partial charge in [0.05, 0.1) is 5.92 Å². The third-order valence-corrected chi connectivity index (χ3v) is 6.29. The summed E-state index contributed by atoms with van der Waals surface area (Å²) in [5, 5.41) is 6.79. The fourth-order valence-electron chi connectivity index (χ4n) is 4.86. The summed E-state index contributed by atoms with van der Waals surface area (Å²) in [5.41, 5.74) is -0.568. The van der Waals surface area contributed by atoms with Crippen LogP contribution in [0.25, 0.3) is 0 Å². The number of hydrogen-bond donors (Lipinski definition) is 1. The maximum atomic E-state index is 13.5. The Morgan fingerprint density at radius 3 is 2.83 bits per heavy atom. The van der Waals surface area contributed by atoms with Gasteiger partial charge in [-0.3, -0.25) is 9.59 Å². The van der Waals surface area contributed by atoms with Crippen LogP contribution >= 0.6 is 0 Å². The number of cyclic esters (lactones) is 1. The van der Waals surface area contributed by atoms with Crippen LogP contribution in [-0.4, -0.2) is 62.4 Å². The molecule has 0 aromatic carbocycles. The molecule has 1 aromatic heterocycles. The number of alkyl halides is 3. The molecule has 0 bridgehead atoms. The van der Waals surface area contributed by atoms with Crippen LogP contribution in [0.4, 0.5) is 19.1 Å². The van der Waals surface area contributed by atoms with E-state index >= 15 is 0 Å². The number of carbonyl (C=O) groups excluding carboxylic acids is 2. The molecule has 4 heterocycles. The van der Waals surface area contributed by atoms with Crippen molar-refractivity contribution in [3.05, 3.63) is 6.33 Å². The second-order valence-corrected chi connectivity index (χ2v) is 9.10. The molecule has 4 atom stereocenters. The number of amides is 1. The molecular weight excluding hydrogens is 403 g/mol. The number of esters is 1. The zero-order valence-corrected chi connectivity index (χ0v) is 17.0. The number of carbonyl (C=O) groups is 2. The summed E-state index contributed by atoms with van der Waals surface area (Å²) >= 11 is 0. The second-order valence-electron chi connectivity index (χ2n) is 9.10. The Bertz CT molecular complexity index is 825. The molecule has 166 valence electrons. The van der Waals surface area contributed by atoms with Crippen LogP contribution in [0.1, 0.15) is 52.0 Å². The molecular formula is C19H26F3N5O3. The Balaban J connectivity index is 1.42. The Hall–Kier alpha value is -2.33. The van der Waals surface area contributed by atoms with E-state index in [2.05, 4.69) is 15.4 Å². The van der Waals surface area contributed by atoms with Crippen molar-refractivity contribution < 1.29 is 27.5 Å². The van der Waals surface area contributed by atoms with Gasteiger partial charge in [0.1, 0.15) is 11.9 Å². The van der Waals surface area contributed by atoms with Gasteiger partial charge in [-0.15, -0.1) is 0 Å². The van der Waals surface area contributed by atoms with Crippen molar-refractivity contribution in [2.45, 2.75) is 69.8 Å². The first-order valence-corrected chi connectivity index (χ1v) is 10.3. The summed E-state index contributed by atoms with van der Waals surface area (Å²) < 4.78 is 46.8. The van der Waals surface area contributed by atoms with Crippen LogP contribution in [0.2, 0.25) is 0 Å². The van der Waals surface area contributed by atoms with Gasteiger partial charge < -0.3 is 15.0 Å². The average molecular weight is 429 g/mol. The average Bonchev–Trinajstić information content (AvgIpc) is 3.23. The van der Waals surface area contributed by atoms with Crippen LogP contribution in [-0.2, 0) is 14.3 Å². The molecule has 3 aliphatic heterocycles. The zero-order valence-electron chi connectivity index (χ0n) is 17.0. The fraction of sp³-hybridized carbons (Fsp3) is 0.789. The highest BCUT2D eigenvalue weighted by Crippen LogP contribution is 2.41. The van der Waals surface area contributed by atoms with Crippen LogP contribution in [0.5, 0.6) is 0 Å². The molecule has 4 rings (SSSR count). The number of ether oxygens (including phenoxy) is 1. The number of nitrogens with zero attached hydrogens (tertiary/aromatic N) is 4. The van der Waals surface area contributed by atoms with Crippen molar-refractivity contribution in [1.82, 2.24) is 19.7 Å². The minimum atomic E-state index is -4.43. The van der Waals surface area contributed by atoms with E-state index in [1.54, 1.807) is 4.90 Å². The van der Waals surface area contributed by atoms with E-state index in [-0.39, 0.29) is 36.6 Å². The molecule has 1 N–H and O–H groups in total. The summed E-state index contributed by atoms with van der Waals surface area (Å²) in [7, 11) is 0. The topological polar surface area (TPSA) is 89.4 Å². The van der Waals surface area contributed by atoms with Crippen LogP contribution in [0.3, 0.4) is 0 Å². The van der Waals surface area contributed by atoms with Gasteiger partial charge in [0.2, 0.25) is 11.9 Å². The molecule has 1 aromatic rings. The maximum absolute atomic E-state index is 13.5. The number of likely N-dealkylation sites (tertiary alicyclic amines) is 1. The molecule has 0 radical (unpaired) electrons. The number of piperidine rings is 1. The minimum Gasteiger partial charge on any atom is -0.459 e. The SMILES string of the molecule is CC1(C)C[C@@H](CC(=O)N2CCC[C@H]([C@@H]3C[C@H](C(F)(F)F)n4ncnc4N3)C2)C(=O)O1. The third-order valence-electron chi connectivity index (χ3n) is 6.29. The summed E-state index contributed by atoms with van der Waals surface area (Å²) in [6.07, 6.45) is -1.48. The zero-order chi connectivity index (χ0) is 21.7. The summed E-state index contributed by atoms with van der Waals surface area (Å²) in [5.74, 6) is -0.999. The highest BCUT2D eigenvalue weighted by molar-refractivity contribution is 5.84. The van der Waals surface area contributed by atoms with E-state index in [4.69, 9.17) is 4.74 Å². The molecule has 8 nitrogen and oxygen atoms in total. The molecule has 0 saturated carbocycles. The Labute approximate surface area is 172 Å². The predicted octanol–water partition coefficient (Wildman–Crippen LogP) is 2.54. The van der Waals surface area contributed by atoms with E-state index in [1.807, 2.05) is 13.8 Å². The highest BCUT2D eigenvalue weighted by Gasteiger charge is 2.48. The van der Waals surface area contributed by atoms with Gasteiger partial charge in [-0.05, 0) is 39.0 Å². The number of fused-ring (bicyclic) bond motifs is 1. The molecule has 2 saturated heterocycles. The summed E-state index contributed by atoms with van der Waals surface area (Å²) in [6.45, 7) is 4.54. The lowest BCUT2D eigenvalue weighted by Gasteiger charge is -2.41. The van der Waals surface area contributed by atoms with E-state index < -0.39 is 29.8 Å². The number of anilines is 1. The molecule has 0 aliphatic carbocycles. The fourth-order valence-corrected chi connectivity index (χ4v) is 4.86. The molecule has 3 aliphatic rings. The molecule has 11 heteroatoms. The van der Waals surface area contributed by atoms with Gasteiger partial charge in [-0.2, -0.15) is 23.3 Å². The number of rotatable bonds is 3. The first kappa shape index (κ1) is 20.9. The van der Waals surface area contributed by atoms with E-state index in [9.17, 15) is 22.8 Å². The van der Waals surface area contributed by atoms with Gasteiger partial charge >= 0.3 is 12.1 Å². The predicted molar refractivity (Wildman–Crippen MR) is 99.3 cm³/mol. The van der Waals surface area contributed by atoms with Crippen LogP contribution in [0, 0.1) is 11.8 Å². The number of hydrogen-bond acceptors (Lipinski definition) is 6. The minimum absolute atomic E-state index is 0.0760. The molecule has 30 heavy (non-hydrogen) atoms. The van der Waals surface area contributed by atoms with Gasteiger partial charge in [-0.1, -0.05) is 0 Å². The Morgan fingerprint density at radius 1 is 1.40 bits per heavy atom. The Morgan fingerprint density at radius 2 is 2.17 bits per heavy atom. The van der Waals surface area contributed by atoms with Crippen LogP contribution in [0.15, 0.2) is 6.33 Å². The first-order valence-electron chi connectivity index (χ1n) is 10.3. The largest absolute Gasteiger partial charge is 0.459 e. The molecule has 0 spiro atoms. The lowest BCUT2D eigenvalue weighted by molar-refractivity contribution is -0.175. The summed E-state index contributed by atoms with van der Waals surface area (Å²) in [6, 6.07) is -2.19. The lowest BCUT2D eigenvalue weighted by atomic mass is 9.85. The lowest BCUT2D eigenvalue weighted by Crippen LogP contribution is -2.49. The van der Waals surface area contributed by atoms with Crippen LogP contribution < -0.4 is 5.32 Å². The molecule has 1 amide bonds. The van der Waals surface area contributed by atoms with Gasteiger partial charge in [-0.25, -0.2) is 4.68 Å². The number of halogens is 3. The third kappa shape index (κ3) is 4.11. The number of nitrogens with one attached hydrogen (secondary N) is 1. The second kappa shape index (κ2) is 7.42. The summed E-state index contributed by atoms with van der Waals surface area (Å²) in [4.78, 5) is 30.4. The van der Waals surface area contributed by atoms with Crippen molar-refractivity contribution in [2.24, 2.45) is 11.8 Å². The van der Waals surface area contributed by atoms with Gasteiger partial charge in [0, 0.05) is 32.0 Å². The van der Waals surface area contributed by atoms with Crippen molar-refractivity contribution in [1.29, 1.82) is 0 Å².